The van der Waals surface area contributed by atoms with Crippen LogP contribution in [-0.2, 0) is 25.6 Å². The van der Waals surface area contributed by atoms with Crippen LogP contribution in [0.15, 0.2) is 24.3 Å². The van der Waals surface area contributed by atoms with E-state index in [1.54, 1.807) is 12.1 Å². The van der Waals surface area contributed by atoms with Crippen molar-refractivity contribution in [2.24, 2.45) is 11.7 Å². The van der Waals surface area contributed by atoms with Crippen LogP contribution >= 0.6 is 0 Å². The zero-order valence-electron chi connectivity index (χ0n) is 18.4. The van der Waals surface area contributed by atoms with E-state index in [-0.39, 0.29) is 24.5 Å². The van der Waals surface area contributed by atoms with Crippen LogP contribution in [0.4, 0.5) is 0 Å². The largest absolute Gasteiger partial charge is 0.508 e. The topological polar surface area (TPSA) is 191 Å². The first-order valence-corrected chi connectivity index (χ1v) is 10.2. The highest BCUT2D eigenvalue weighted by molar-refractivity contribution is 5.92. The van der Waals surface area contributed by atoms with Gasteiger partial charge in [-0.2, -0.15) is 0 Å². The Kier molecular flexibility index (Phi) is 10.6. The molecule has 11 heteroatoms. The van der Waals surface area contributed by atoms with E-state index in [1.165, 1.54) is 19.1 Å². The molecule has 0 bridgehead atoms. The summed E-state index contributed by atoms with van der Waals surface area (Å²) in [5.74, 6) is -3.30. The molecule has 8 N–H and O–H groups in total. The molecule has 0 saturated carbocycles. The maximum absolute atomic E-state index is 12.5. The normalized spacial score (nSPS) is 14.7. The summed E-state index contributed by atoms with van der Waals surface area (Å²) in [6, 6.07) is 2.70. The van der Waals surface area contributed by atoms with E-state index in [0.717, 1.165) is 5.56 Å². The Morgan fingerprint density at radius 2 is 1.59 bits per heavy atom. The van der Waals surface area contributed by atoms with Crippen LogP contribution in [-0.4, -0.2) is 69.8 Å². The van der Waals surface area contributed by atoms with Gasteiger partial charge >= 0.3 is 5.97 Å². The second kappa shape index (κ2) is 12.6. The van der Waals surface area contributed by atoms with Crippen molar-refractivity contribution in [3.05, 3.63) is 29.8 Å². The third-order valence-electron chi connectivity index (χ3n) is 4.56. The first kappa shape index (κ1) is 26.9. The van der Waals surface area contributed by atoms with Gasteiger partial charge in [0.1, 0.15) is 11.8 Å². The lowest BCUT2D eigenvalue weighted by Crippen LogP contribution is -2.56. The molecule has 0 heterocycles. The fourth-order valence-corrected chi connectivity index (χ4v) is 2.87. The molecule has 0 spiro atoms. The summed E-state index contributed by atoms with van der Waals surface area (Å²) < 4.78 is 0. The molecule has 0 aliphatic rings. The Morgan fingerprint density at radius 1 is 1.00 bits per heavy atom. The summed E-state index contributed by atoms with van der Waals surface area (Å²) in [5.41, 5.74) is 6.58. The maximum Gasteiger partial charge on any atom is 0.328 e. The van der Waals surface area contributed by atoms with Gasteiger partial charge in [0.2, 0.25) is 17.7 Å². The molecule has 0 aliphatic carbocycles. The number of carbonyl (C=O) groups is 4. The van der Waals surface area contributed by atoms with Crippen molar-refractivity contribution in [2.75, 3.05) is 6.54 Å². The van der Waals surface area contributed by atoms with Crippen molar-refractivity contribution in [1.29, 1.82) is 0 Å². The summed E-state index contributed by atoms with van der Waals surface area (Å²) in [6.07, 6.45) is -0.915. The number of carboxylic acids is 1. The minimum Gasteiger partial charge on any atom is -0.508 e. The van der Waals surface area contributed by atoms with Crippen molar-refractivity contribution < 1.29 is 34.5 Å². The Morgan fingerprint density at radius 3 is 2.09 bits per heavy atom. The fraction of sp³-hybridized carbons (Fsp3) is 0.524. The number of benzene rings is 1. The van der Waals surface area contributed by atoms with Gasteiger partial charge in [-0.3, -0.25) is 14.4 Å². The van der Waals surface area contributed by atoms with Crippen LogP contribution in [0, 0.1) is 5.92 Å². The highest BCUT2D eigenvalue weighted by Crippen LogP contribution is 2.11. The first-order valence-electron chi connectivity index (χ1n) is 10.2. The third kappa shape index (κ3) is 9.31. The minimum absolute atomic E-state index is 0.00537. The van der Waals surface area contributed by atoms with Crippen molar-refractivity contribution >= 4 is 23.7 Å². The molecule has 178 valence electrons. The number of carboxylic acid groups (broad SMARTS) is 1. The van der Waals surface area contributed by atoms with Gasteiger partial charge in [-0.25, -0.2) is 4.79 Å². The average molecular weight is 453 g/mol. The number of nitrogens with one attached hydrogen (secondary N) is 3. The van der Waals surface area contributed by atoms with Gasteiger partial charge in [-0.1, -0.05) is 26.0 Å². The molecule has 4 atom stereocenters. The van der Waals surface area contributed by atoms with Gasteiger partial charge in [0.15, 0.2) is 6.04 Å². The fourth-order valence-electron chi connectivity index (χ4n) is 2.87. The van der Waals surface area contributed by atoms with Crippen LogP contribution in [0.3, 0.4) is 0 Å². The summed E-state index contributed by atoms with van der Waals surface area (Å²) in [4.78, 5) is 48.1. The molecule has 32 heavy (non-hydrogen) atoms. The molecule has 1 aromatic rings. The van der Waals surface area contributed by atoms with E-state index in [4.69, 9.17) is 10.8 Å². The Hall–Kier alpha value is -3.18. The van der Waals surface area contributed by atoms with E-state index in [2.05, 4.69) is 16.0 Å². The zero-order valence-corrected chi connectivity index (χ0v) is 18.4. The molecule has 0 fully saturated rings. The number of aromatic hydroxyl groups is 1. The maximum atomic E-state index is 12.5. The molecule has 11 nitrogen and oxygen atoms in total. The number of hydrogen-bond donors (Lipinski definition) is 7. The van der Waals surface area contributed by atoms with Gasteiger partial charge < -0.3 is 37.0 Å². The van der Waals surface area contributed by atoms with Crippen LogP contribution in [0.2, 0.25) is 0 Å². The number of nitrogens with two attached hydrogens (primary N) is 1. The highest BCUT2D eigenvalue weighted by Gasteiger charge is 2.30. The number of phenolic OH excluding ortho intramolecular Hbond substituents is 1. The van der Waals surface area contributed by atoms with Gasteiger partial charge in [-0.05, 0) is 43.4 Å². The van der Waals surface area contributed by atoms with Gasteiger partial charge in [-0.15, -0.1) is 0 Å². The number of hydrogen-bond acceptors (Lipinski definition) is 7. The molecular formula is C21H32N4O7. The van der Waals surface area contributed by atoms with Crippen molar-refractivity contribution in [3.8, 4) is 5.75 Å². The van der Waals surface area contributed by atoms with Crippen LogP contribution in [0.25, 0.3) is 0 Å². The zero-order chi connectivity index (χ0) is 24.4. The molecule has 1 aromatic carbocycles. The summed E-state index contributed by atoms with van der Waals surface area (Å²) in [6.45, 7) is 4.44. The number of amides is 3. The SMILES string of the molecule is CC(C)CC(NC(=O)CNC(=O)C(N)Cc1ccc(O)cc1)C(=O)NC(C(=O)O)C(C)O. The molecular weight excluding hydrogens is 420 g/mol. The van der Waals surface area contributed by atoms with E-state index in [9.17, 15) is 29.4 Å². The first-order chi connectivity index (χ1) is 14.9. The second-order valence-electron chi connectivity index (χ2n) is 8.01. The lowest BCUT2D eigenvalue weighted by molar-refractivity contribution is -0.145. The number of aliphatic carboxylic acids is 1. The highest BCUT2D eigenvalue weighted by atomic mass is 16.4. The molecule has 4 unspecified atom stereocenters. The molecule has 1 rings (SSSR count). The Labute approximate surface area is 186 Å². The van der Waals surface area contributed by atoms with Crippen LogP contribution in [0.5, 0.6) is 5.75 Å². The van der Waals surface area contributed by atoms with Crippen LogP contribution in [0.1, 0.15) is 32.8 Å². The summed E-state index contributed by atoms with van der Waals surface area (Å²) in [5, 5.41) is 35.0. The monoisotopic (exact) mass is 452 g/mol. The summed E-state index contributed by atoms with van der Waals surface area (Å²) >= 11 is 0. The van der Waals surface area contributed by atoms with Gasteiger partial charge in [0.05, 0.1) is 18.7 Å². The minimum atomic E-state index is -1.52. The number of aliphatic hydroxyl groups excluding tert-OH is 1. The van der Waals surface area contributed by atoms with Crippen molar-refractivity contribution in [3.63, 3.8) is 0 Å². The number of aliphatic hydroxyl groups is 1. The van der Waals surface area contributed by atoms with Gasteiger partial charge in [0, 0.05) is 0 Å². The molecule has 0 aromatic heterocycles. The number of carbonyl (C=O) groups excluding carboxylic acids is 3. The average Bonchev–Trinajstić information content (AvgIpc) is 2.70. The van der Waals surface area contributed by atoms with Crippen LogP contribution < -0.4 is 21.7 Å². The van der Waals surface area contributed by atoms with E-state index < -0.39 is 54.5 Å². The number of rotatable bonds is 12. The number of phenols is 1. The predicted molar refractivity (Wildman–Crippen MR) is 115 cm³/mol. The predicted octanol–water partition coefficient (Wildman–Crippen LogP) is -1.14. The molecule has 0 radical (unpaired) electrons. The van der Waals surface area contributed by atoms with Crippen molar-refractivity contribution in [1.82, 2.24) is 16.0 Å². The van der Waals surface area contributed by atoms with E-state index >= 15 is 0 Å². The Bertz CT molecular complexity index is 796. The Balaban J connectivity index is 2.64. The van der Waals surface area contributed by atoms with E-state index in [0.29, 0.717) is 0 Å². The lowest BCUT2D eigenvalue weighted by atomic mass is 10.0. The lowest BCUT2D eigenvalue weighted by Gasteiger charge is -2.24. The quantitative estimate of drug-likeness (QED) is 0.207. The van der Waals surface area contributed by atoms with Crippen molar-refractivity contribution in [2.45, 2.75) is 57.8 Å². The summed E-state index contributed by atoms with van der Waals surface area (Å²) in [7, 11) is 0. The van der Waals surface area contributed by atoms with Gasteiger partial charge in [0.25, 0.3) is 0 Å². The molecule has 0 aliphatic heterocycles. The standard InChI is InChI=1S/C21H32N4O7/c1-11(2)8-16(20(30)25-18(12(3)26)21(31)32)24-17(28)10-23-19(29)15(22)9-13-4-6-14(27)7-5-13/h4-7,11-12,15-16,18,26-27H,8-10,22H2,1-3H3,(H,23,29)(H,24,28)(H,25,30)(H,31,32). The molecule has 0 saturated heterocycles. The smallest absolute Gasteiger partial charge is 0.328 e. The third-order valence-corrected chi connectivity index (χ3v) is 4.56. The molecule has 3 amide bonds. The van der Waals surface area contributed by atoms with E-state index in [1.807, 2.05) is 13.8 Å². The second-order valence-corrected chi connectivity index (χ2v) is 8.01.